The molecule has 7 nitrogen and oxygen atoms in total. The van der Waals surface area contributed by atoms with Crippen molar-refractivity contribution in [3.05, 3.63) is 33.4 Å². The topological polar surface area (TPSA) is 73.7 Å². The van der Waals surface area contributed by atoms with E-state index >= 15 is 0 Å². The zero-order chi connectivity index (χ0) is 20.8. The van der Waals surface area contributed by atoms with Crippen LogP contribution in [-0.4, -0.2) is 49.4 Å². The van der Waals surface area contributed by atoms with Crippen molar-refractivity contribution in [2.75, 3.05) is 13.1 Å². The summed E-state index contributed by atoms with van der Waals surface area (Å²) >= 11 is 0. The van der Waals surface area contributed by atoms with E-state index in [1.807, 2.05) is 6.07 Å². The van der Waals surface area contributed by atoms with Crippen molar-refractivity contribution in [3.63, 3.8) is 0 Å². The number of aromatic nitrogens is 3. The molecule has 5 rings (SSSR count). The molecular weight excluding hydrogens is 378 g/mol. The Morgan fingerprint density at radius 1 is 1.13 bits per heavy atom. The molecule has 7 heteroatoms. The molecule has 1 saturated carbocycles. The fourth-order valence-corrected chi connectivity index (χ4v) is 5.58. The molecule has 2 aliphatic heterocycles. The quantitative estimate of drug-likeness (QED) is 0.843. The van der Waals surface area contributed by atoms with Gasteiger partial charge in [-0.05, 0) is 46.0 Å². The highest BCUT2D eigenvalue weighted by molar-refractivity contribution is 5.79. The Hall–Kier alpha value is -2.15. The van der Waals surface area contributed by atoms with Crippen LogP contribution in [0.3, 0.4) is 0 Å². The molecule has 0 bridgehead atoms. The van der Waals surface area contributed by atoms with Crippen LogP contribution < -0.4 is 5.56 Å². The number of aromatic amines is 1. The number of nitrogens with one attached hydrogen (secondary N) is 1. The fraction of sp³-hybridized carbons (Fsp3) is 0.696. The lowest BCUT2D eigenvalue weighted by Crippen LogP contribution is -2.39. The van der Waals surface area contributed by atoms with Gasteiger partial charge < -0.3 is 4.90 Å². The number of rotatable bonds is 3. The number of amides is 1. The van der Waals surface area contributed by atoms with Gasteiger partial charge in [-0.25, -0.2) is 9.50 Å². The van der Waals surface area contributed by atoms with Crippen LogP contribution in [0, 0.1) is 5.92 Å². The SMILES string of the molecule is CC(C)N1CCc2c(nc3cc([C@@H]4CCCN4C(=O)C4CCCCC4)[nH]n3c2=O)C1. The molecule has 1 aliphatic carbocycles. The van der Waals surface area contributed by atoms with E-state index in [2.05, 4.69) is 28.7 Å². The lowest BCUT2D eigenvalue weighted by molar-refractivity contribution is -0.137. The van der Waals surface area contributed by atoms with Crippen LogP contribution in [0.4, 0.5) is 0 Å². The van der Waals surface area contributed by atoms with Crippen LogP contribution in [0.2, 0.25) is 0 Å². The van der Waals surface area contributed by atoms with Gasteiger partial charge in [0, 0.05) is 43.2 Å². The van der Waals surface area contributed by atoms with Gasteiger partial charge in [-0.15, -0.1) is 0 Å². The van der Waals surface area contributed by atoms with Gasteiger partial charge in [-0.1, -0.05) is 19.3 Å². The Balaban J connectivity index is 1.45. The summed E-state index contributed by atoms with van der Waals surface area (Å²) in [5.41, 5.74) is 3.39. The number of fused-ring (bicyclic) bond motifs is 2. The summed E-state index contributed by atoms with van der Waals surface area (Å²) < 4.78 is 1.60. The Bertz CT molecular complexity index is 1000. The second kappa shape index (κ2) is 7.84. The zero-order valence-electron chi connectivity index (χ0n) is 18.2. The molecule has 2 aromatic rings. The third-order valence-corrected chi connectivity index (χ3v) is 7.40. The zero-order valence-corrected chi connectivity index (χ0v) is 18.2. The molecule has 3 aliphatic rings. The second-order valence-electron chi connectivity index (χ2n) is 9.59. The van der Waals surface area contributed by atoms with Crippen molar-refractivity contribution < 1.29 is 4.79 Å². The van der Waals surface area contributed by atoms with Gasteiger partial charge in [0.05, 0.1) is 17.4 Å². The average molecular weight is 412 g/mol. The summed E-state index contributed by atoms with van der Waals surface area (Å²) in [5, 5.41) is 3.31. The molecule has 2 fully saturated rings. The van der Waals surface area contributed by atoms with Crippen molar-refractivity contribution >= 4 is 11.6 Å². The summed E-state index contributed by atoms with van der Waals surface area (Å²) in [5.74, 6) is 0.488. The van der Waals surface area contributed by atoms with E-state index in [1.165, 1.54) is 19.3 Å². The highest BCUT2D eigenvalue weighted by Crippen LogP contribution is 2.35. The lowest BCUT2D eigenvalue weighted by Gasteiger charge is -2.30. The molecule has 1 saturated heterocycles. The molecule has 0 aromatic carbocycles. The van der Waals surface area contributed by atoms with Gasteiger partial charge in [0.15, 0.2) is 5.65 Å². The summed E-state index contributed by atoms with van der Waals surface area (Å²) in [6, 6.07) is 2.47. The minimum atomic E-state index is 0.0211. The minimum absolute atomic E-state index is 0.0211. The highest BCUT2D eigenvalue weighted by atomic mass is 16.2. The first-order valence-corrected chi connectivity index (χ1v) is 11.7. The van der Waals surface area contributed by atoms with Crippen molar-refractivity contribution in [3.8, 4) is 0 Å². The molecule has 1 N–H and O–H groups in total. The van der Waals surface area contributed by atoms with E-state index in [9.17, 15) is 9.59 Å². The van der Waals surface area contributed by atoms with Crippen molar-refractivity contribution in [2.24, 2.45) is 5.92 Å². The van der Waals surface area contributed by atoms with Crippen LogP contribution in [0.25, 0.3) is 5.65 Å². The molecule has 30 heavy (non-hydrogen) atoms. The third-order valence-electron chi connectivity index (χ3n) is 7.40. The van der Waals surface area contributed by atoms with E-state index in [-0.39, 0.29) is 17.5 Å². The molecule has 1 atom stereocenters. The normalized spacial score (nSPS) is 23.4. The first-order valence-electron chi connectivity index (χ1n) is 11.7. The van der Waals surface area contributed by atoms with Gasteiger partial charge in [0.25, 0.3) is 5.56 Å². The summed E-state index contributed by atoms with van der Waals surface area (Å²) in [7, 11) is 0. The second-order valence-corrected chi connectivity index (χ2v) is 9.59. The molecule has 2 aromatic heterocycles. The number of hydrogen-bond acceptors (Lipinski definition) is 4. The smallest absolute Gasteiger partial charge is 0.276 e. The molecular formula is C23H33N5O2. The first-order chi connectivity index (χ1) is 14.5. The number of likely N-dealkylation sites (tertiary alicyclic amines) is 1. The summed E-state index contributed by atoms with van der Waals surface area (Å²) in [4.78, 5) is 35.6. The maximum atomic E-state index is 13.2. The van der Waals surface area contributed by atoms with Crippen molar-refractivity contribution in [1.29, 1.82) is 0 Å². The van der Waals surface area contributed by atoms with E-state index in [0.29, 0.717) is 17.6 Å². The molecule has 162 valence electrons. The number of hydrogen-bond donors (Lipinski definition) is 1. The van der Waals surface area contributed by atoms with E-state index in [0.717, 1.165) is 68.7 Å². The maximum Gasteiger partial charge on any atom is 0.276 e. The Labute approximate surface area is 177 Å². The van der Waals surface area contributed by atoms with Gasteiger partial charge in [-0.2, -0.15) is 0 Å². The predicted molar refractivity (Wildman–Crippen MR) is 115 cm³/mol. The molecule has 1 amide bonds. The minimum Gasteiger partial charge on any atom is -0.334 e. The Morgan fingerprint density at radius 3 is 2.70 bits per heavy atom. The molecule has 4 heterocycles. The maximum absolute atomic E-state index is 13.2. The van der Waals surface area contributed by atoms with Gasteiger partial charge in [-0.3, -0.25) is 19.6 Å². The van der Waals surface area contributed by atoms with Crippen LogP contribution >= 0.6 is 0 Å². The van der Waals surface area contributed by atoms with Crippen molar-refractivity contribution in [2.45, 2.75) is 83.8 Å². The van der Waals surface area contributed by atoms with Gasteiger partial charge >= 0.3 is 0 Å². The van der Waals surface area contributed by atoms with Crippen LogP contribution in [-0.2, 0) is 17.8 Å². The summed E-state index contributed by atoms with van der Waals surface area (Å²) in [6.45, 7) is 6.81. The number of nitrogens with zero attached hydrogens (tertiary/aromatic N) is 4. The lowest BCUT2D eigenvalue weighted by atomic mass is 9.88. The van der Waals surface area contributed by atoms with E-state index in [1.54, 1.807) is 4.52 Å². The fourth-order valence-electron chi connectivity index (χ4n) is 5.58. The third kappa shape index (κ3) is 3.37. The number of carbonyl (C=O) groups is 1. The average Bonchev–Trinajstić information content (AvgIpc) is 3.40. The number of H-pyrrole nitrogens is 1. The van der Waals surface area contributed by atoms with Crippen LogP contribution in [0.15, 0.2) is 10.9 Å². The summed E-state index contributed by atoms with van der Waals surface area (Å²) in [6.07, 6.45) is 8.33. The Morgan fingerprint density at radius 2 is 1.93 bits per heavy atom. The van der Waals surface area contributed by atoms with E-state index in [4.69, 9.17) is 4.98 Å². The standard InChI is InChI=1S/C23H33N5O2/c1-15(2)26-12-10-17-19(14-26)24-21-13-18(25-28(21)23(17)30)20-9-6-11-27(20)22(29)16-7-4-3-5-8-16/h13,15-16,20,25H,3-12,14H2,1-2H3/t20-/m0/s1. The van der Waals surface area contributed by atoms with Crippen LogP contribution in [0.5, 0.6) is 0 Å². The van der Waals surface area contributed by atoms with Gasteiger partial charge in [0.1, 0.15) is 0 Å². The molecule has 0 radical (unpaired) electrons. The predicted octanol–water partition coefficient (Wildman–Crippen LogP) is 3.03. The largest absolute Gasteiger partial charge is 0.334 e. The van der Waals surface area contributed by atoms with Gasteiger partial charge in [0.2, 0.25) is 5.91 Å². The highest BCUT2D eigenvalue weighted by Gasteiger charge is 2.35. The van der Waals surface area contributed by atoms with Crippen molar-refractivity contribution in [1.82, 2.24) is 24.4 Å². The molecule has 0 spiro atoms. The number of carbonyl (C=O) groups excluding carboxylic acids is 1. The molecule has 0 unspecified atom stereocenters. The van der Waals surface area contributed by atoms with E-state index < -0.39 is 0 Å². The Kier molecular flexibility index (Phi) is 5.17. The first kappa shape index (κ1) is 19.8. The van der Waals surface area contributed by atoms with Crippen LogP contribution in [0.1, 0.15) is 81.8 Å². The monoisotopic (exact) mass is 411 g/mol.